The highest BCUT2D eigenvalue weighted by Crippen LogP contribution is 2.33. The first kappa shape index (κ1) is 12.7. The van der Waals surface area contributed by atoms with Crippen LogP contribution in [0, 0.1) is 5.41 Å². The van der Waals surface area contributed by atoms with E-state index in [-0.39, 0.29) is 6.54 Å². The first-order chi connectivity index (χ1) is 9.71. The van der Waals surface area contributed by atoms with Gasteiger partial charge < -0.3 is 9.84 Å². The lowest BCUT2D eigenvalue weighted by atomic mass is 9.80. The number of H-pyrrole nitrogens is 1. The predicted octanol–water partition coefficient (Wildman–Crippen LogP) is -0.0554. The number of aromatic amines is 1. The first-order valence-corrected chi connectivity index (χ1v) is 6.28. The molecule has 0 aromatic carbocycles. The van der Waals surface area contributed by atoms with Crippen LogP contribution < -0.4 is 0 Å². The molecule has 20 heavy (non-hydrogen) atoms. The number of aromatic nitrogens is 6. The molecular formula is C11H14N6O3. The Hall–Kier alpha value is -2.29. The fraction of sp³-hybridized carbons (Fsp3) is 0.545. The minimum Gasteiger partial charge on any atom is -0.481 e. The summed E-state index contributed by atoms with van der Waals surface area (Å²) in [4.78, 5) is 11.6. The van der Waals surface area contributed by atoms with E-state index in [4.69, 9.17) is 4.74 Å². The molecule has 1 saturated heterocycles. The summed E-state index contributed by atoms with van der Waals surface area (Å²) in [5.74, 6) is -0.333. The Morgan fingerprint density at radius 3 is 2.95 bits per heavy atom. The highest BCUT2D eigenvalue weighted by Gasteiger charge is 2.41. The predicted molar refractivity (Wildman–Crippen MR) is 65.5 cm³/mol. The van der Waals surface area contributed by atoms with E-state index >= 15 is 0 Å². The summed E-state index contributed by atoms with van der Waals surface area (Å²) in [6.07, 6.45) is 4.17. The van der Waals surface area contributed by atoms with Crippen LogP contribution in [0.2, 0.25) is 0 Å². The molecule has 9 heteroatoms. The van der Waals surface area contributed by atoms with Gasteiger partial charge in [-0.25, -0.2) is 4.68 Å². The molecule has 2 aromatic rings. The number of tetrazole rings is 1. The number of hydrogen-bond acceptors (Lipinski definition) is 6. The lowest BCUT2D eigenvalue weighted by Gasteiger charge is -2.32. The van der Waals surface area contributed by atoms with Crippen molar-refractivity contribution in [2.75, 3.05) is 13.2 Å². The zero-order chi connectivity index (χ0) is 14.0. The number of hydrogen-bond donors (Lipinski definition) is 2. The maximum Gasteiger partial charge on any atom is 0.311 e. The lowest BCUT2D eigenvalue weighted by molar-refractivity contribution is -0.156. The average molecular weight is 278 g/mol. The van der Waals surface area contributed by atoms with Crippen LogP contribution in [-0.4, -0.2) is 54.7 Å². The van der Waals surface area contributed by atoms with E-state index in [9.17, 15) is 9.90 Å². The number of nitrogens with zero attached hydrogens (tertiary/aromatic N) is 5. The standard InChI is InChI=1S/C11H14N6O3/c18-10(19)11(1-3-20-4-2-11)7-17-9(14-15-16-17)8-5-12-13-6-8/h5-6H,1-4,7H2,(H,12,13)(H,18,19). The van der Waals surface area contributed by atoms with Crippen molar-refractivity contribution >= 4 is 5.97 Å². The van der Waals surface area contributed by atoms with Crippen LogP contribution in [0.3, 0.4) is 0 Å². The molecule has 0 aliphatic carbocycles. The fourth-order valence-electron chi connectivity index (χ4n) is 2.38. The molecule has 0 saturated carbocycles. The molecule has 1 aliphatic rings. The van der Waals surface area contributed by atoms with Crippen molar-refractivity contribution in [3.63, 3.8) is 0 Å². The molecular weight excluding hydrogens is 264 g/mol. The molecule has 1 fully saturated rings. The molecule has 3 heterocycles. The molecule has 0 bridgehead atoms. The van der Waals surface area contributed by atoms with Crippen molar-refractivity contribution < 1.29 is 14.6 Å². The van der Waals surface area contributed by atoms with E-state index in [1.165, 1.54) is 4.68 Å². The second-order valence-electron chi connectivity index (χ2n) is 4.84. The Bertz CT molecular complexity index is 587. The van der Waals surface area contributed by atoms with Gasteiger partial charge in [0.05, 0.1) is 23.7 Å². The summed E-state index contributed by atoms with van der Waals surface area (Å²) in [7, 11) is 0. The van der Waals surface area contributed by atoms with Crippen molar-refractivity contribution in [3.05, 3.63) is 12.4 Å². The van der Waals surface area contributed by atoms with Crippen molar-refractivity contribution in [2.24, 2.45) is 5.41 Å². The maximum absolute atomic E-state index is 11.6. The van der Waals surface area contributed by atoms with Crippen LogP contribution in [0.4, 0.5) is 0 Å². The second-order valence-corrected chi connectivity index (χ2v) is 4.84. The van der Waals surface area contributed by atoms with E-state index in [0.717, 1.165) is 5.56 Å². The third-order valence-electron chi connectivity index (χ3n) is 3.64. The second kappa shape index (κ2) is 5.00. The molecule has 1 aliphatic heterocycles. The van der Waals surface area contributed by atoms with Crippen molar-refractivity contribution in [3.8, 4) is 11.4 Å². The maximum atomic E-state index is 11.6. The van der Waals surface area contributed by atoms with Gasteiger partial charge in [0.1, 0.15) is 0 Å². The van der Waals surface area contributed by atoms with Gasteiger partial charge in [0, 0.05) is 19.4 Å². The van der Waals surface area contributed by atoms with E-state index in [1.54, 1.807) is 12.4 Å². The van der Waals surface area contributed by atoms with Gasteiger partial charge in [0.15, 0.2) is 5.82 Å². The molecule has 3 rings (SSSR count). The Labute approximate surface area is 113 Å². The van der Waals surface area contributed by atoms with Crippen LogP contribution in [-0.2, 0) is 16.1 Å². The molecule has 9 nitrogen and oxygen atoms in total. The SMILES string of the molecule is O=C(O)C1(Cn2nnnc2-c2cn[nH]c2)CCOCC1. The Kier molecular flexibility index (Phi) is 3.18. The van der Waals surface area contributed by atoms with Gasteiger partial charge in [-0.3, -0.25) is 9.89 Å². The molecule has 2 aromatic heterocycles. The Morgan fingerprint density at radius 2 is 2.30 bits per heavy atom. The first-order valence-electron chi connectivity index (χ1n) is 6.28. The topological polar surface area (TPSA) is 119 Å². The third kappa shape index (κ3) is 2.16. The van der Waals surface area contributed by atoms with E-state index in [1.807, 2.05) is 0 Å². The Balaban J connectivity index is 1.90. The molecule has 106 valence electrons. The van der Waals surface area contributed by atoms with E-state index in [0.29, 0.717) is 31.9 Å². The molecule has 0 spiro atoms. The average Bonchev–Trinajstić information content (AvgIpc) is 3.10. The zero-order valence-electron chi connectivity index (χ0n) is 10.7. The van der Waals surface area contributed by atoms with Crippen molar-refractivity contribution in [2.45, 2.75) is 19.4 Å². The largest absolute Gasteiger partial charge is 0.481 e. The highest BCUT2D eigenvalue weighted by atomic mass is 16.5. The summed E-state index contributed by atoms with van der Waals surface area (Å²) >= 11 is 0. The van der Waals surface area contributed by atoms with Crippen molar-refractivity contribution in [1.82, 2.24) is 30.4 Å². The monoisotopic (exact) mass is 278 g/mol. The number of aliphatic carboxylic acids is 1. The quantitative estimate of drug-likeness (QED) is 0.804. The van der Waals surface area contributed by atoms with Gasteiger partial charge in [-0.15, -0.1) is 5.10 Å². The number of carboxylic acid groups (broad SMARTS) is 1. The molecule has 2 N–H and O–H groups in total. The lowest BCUT2D eigenvalue weighted by Crippen LogP contribution is -2.41. The fourth-order valence-corrected chi connectivity index (χ4v) is 2.38. The smallest absolute Gasteiger partial charge is 0.311 e. The highest BCUT2D eigenvalue weighted by molar-refractivity contribution is 5.74. The number of carboxylic acids is 1. The van der Waals surface area contributed by atoms with E-state index in [2.05, 4.69) is 25.7 Å². The normalized spacial score (nSPS) is 18.0. The molecule has 0 atom stereocenters. The van der Waals surface area contributed by atoms with Gasteiger partial charge in [-0.1, -0.05) is 0 Å². The van der Waals surface area contributed by atoms with Gasteiger partial charge in [-0.2, -0.15) is 5.10 Å². The number of nitrogens with one attached hydrogen (secondary N) is 1. The van der Waals surface area contributed by atoms with Crippen LogP contribution in [0.25, 0.3) is 11.4 Å². The van der Waals surface area contributed by atoms with Gasteiger partial charge >= 0.3 is 5.97 Å². The number of ether oxygens (including phenoxy) is 1. The van der Waals surface area contributed by atoms with Gasteiger partial charge in [0.25, 0.3) is 0 Å². The van der Waals surface area contributed by atoms with Crippen LogP contribution in [0.5, 0.6) is 0 Å². The third-order valence-corrected chi connectivity index (χ3v) is 3.64. The summed E-state index contributed by atoms with van der Waals surface area (Å²) in [5, 5.41) is 27.6. The molecule has 0 amide bonds. The summed E-state index contributed by atoms with van der Waals surface area (Å²) < 4.78 is 6.78. The number of carbonyl (C=O) groups is 1. The molecule has 0 unspecified atom stereocenters. The zero-order valence-corrected chi connectivity index (χ0v) is 10.7. The summed E-state index contributed by atoms with van der Waals surface area (Å²) in [6, 6.07) is 0. The number of rotatable bonds is 4. The summed E-state index contributed by atoms with van der Waals surface area (Å²) in [5.41, 5.74) is -0.158. The van der Waals surface area contributed by atoms with Gasteiger partial charge in [-0.05, 0) is 23.3 Å². The van der Waals surface area contributed by atoms with Crippen LogP contribution in [0.1, 0.15) is 12.8 Å². The van der Waals surface area contributed by atoms with Crippen LogP contribution in [0.15, 0.2) is 12.4 Å². The van der Waals surface area contributed by atoms with Gasteiger partial charge in [0.2, 0.25) is 0 Å². The van der Waals surface area contributed by atoms with Crippen LogP contribution >= 0.6 is 0 Å². The van der Waals surface area contributed by atoms with Crippen molar-refractivity contribution in [1.29, 1.82) is 0 Å². The molecule has 0 radical (unpaired) electrons. The Morgan fingerprint density at radius 1 is 1.50 bits per heavy atom. The minimum absolute atomic E-state index is 0.221. The summed E-state index contributed by atoms with van der Waals surface area (Å²) in [6.45, 7) is 1.10. The van der Waals surface area contributed by atoms with E-state index < -0.39 is 11.4 Å². The minimum atomic E-state index is -0.883.